The number of hydrogen-bond donors (Lipinski definition) is 0. The van der Waals surface area contributed by atoms with Gasteiger partial charge in [0.15, 0.2) is 0 Å². The first kappa shape index (κ1) is 15.4. The van der Waals surface area contributed by atoms with Crippen LogP contribution in [0.2, 0.25) is 0 Å². The predicted molar refractivity (Wildman–Crippen MR) is 72.0 cm³/mol. The summed E-state index contributed by atoms with van der Waals surface area (Å²) < 4.78 is 60.9. The second kappa shape index (κ2) is 5.79. The first-order valence-corrected chi connectivity index (χ1v) is 9.19. The van der Waals surface area contributed by atoms with Crippen molar-refractivity contribution in [3.63, 3.8) is 0 Å². The van der Waals surface area contributed by atoms with E-state index in [1.54, 1.807) is 0 Å². The monoisotopic (exact) mass is 321 g/mol. The first-order valence-electron chi connectivity index (χ1n) is 6.37. The largest absolute Gasteiger partial charge is 0.332 e. The van der Waals surface area contributed by atoms with Crippen molar-refractivity contribution in [2.45, 2.75) is 35.5 Å². The van der Waals surface area contributed by atoms with Gasteiger partial charge in [-0.15, -0.1) is 3.89 Å². The SMILES string of the molecule is O=S(=O)(F)c1cccc(S(=O)(=O)N2CCCCCC2)c1. The maximum absolute atomic E-state index is 13.0. The zero-order valence-electron chi connectivity index (χ0n) is 10.8. The lowest BCUT2D eigenvalue weighted by Crippen LogP contribution is -2.32. The van der Waals surface area contributed by atoms with E-state index in [-0.39, 0.29) is 4.90 Å². The van der Waals surface area contributed by atoms with Crippen LogP contribution in [-0.2, 0) is 20.2 Å². The maximum Gasteiger partial charge on any atom is 0.332 e. The van der Waals surface area contributed by atoms with E-state index in [1.807, 2.05) is 0 Å². The van der Waals surface area contributed by atoms with Gasteiger partial charge in [0.25, 0.3) is 0 Å². The van der Waals surface area contributed by atoms with Gasteiger partial charge in [0.2, 0.25) is 10.0 Å². The zero-order chi connectivity index (χ0) is 14.8. The highest BCUT2D eigenvalue weighted by Gasteiger charge is 2.26. The summed E-state index contributed by atoms with van der Waals surface area (Å²) in [5, 5.41) is 0. The minimum Gasteiger partial charge on any atom is -0.207 e. The minimum absolute atomic E-state index is 0.182. The minimum atomic E-state index is -4.91. The van der Waals surface area contributed by atoms with Gasteiger partial charge < -0.3 is 0 Å². The van der Waals surface area contributed by atoms with Crippen molar-refractivity contribution in [3.05, 3.63) is 24.3 Å². The lowest BCUT2D eigenvalue weighted by atomic mass is 10.2. The van der Waals surface area contributed by atoms with Crippen LogP contribution in [0, 0.1) is 0 Å². The maximum atomic E-state index is 13.0. The van der Waals surface area contributed by atoms with Gasteiger partial charge in [-0.3, -0.25) is 0 Å². The highest BCUT2D eigenvalue weighted by Crippen LogP contribution is 2.23. The molecule has 0 aliphatic carbocycles. The van der Waals surface area contributed by atoms with Crippen molar-refractivity contribution >= 4 is 20.2 Å². The van der Waals surface area contributed by atoms with Crippen molar-refractivity contribution in [1.82, 2.24) is 4.31 Å². The van der Waals surface area contributed by atoms with Crippen LogP contribution in [0.3, 0.4) is 0 Å². The summed E-state index contributed by atoms with van der Waals surface area (Å²) in [7, 11) is -8.67. The summed E-state index contributed by atoms with van der Waals surface area (Å²) in [5.74, 6) is 0. The molecular weight excluding hydrogens is 305 g/mol. The Hall–Kier alpha value is -0.990. The van der Waals surface area contributed by atoms with Gasteiger partial charge in [-0.05, 0) is 31.0 Å². The molecule has 0 spiro atoms. The Kier molecular flexibility index (Phi) is 4.46. The normalized spacial score (nSPS) is 18.6. The quantitative estimate of drug-likeness (QED) is 0.797. The molecule has 20 heavy (non-hydrogen) atoms. The molecular formula is C12H16FNO4S2. The molecule has 1 aliphatic heterocycles. The van der Waals surface area contributed by atoms with Crippen LogP contribution in [0.5, 0.6) is 0 Å². The van der Waals surface area contributed by atoms with Gasteiger partial charge in [-0.2, -0.15) is 12.7 Å². The molecule has 1 aliphatic rings. The number of sulfonamides is 1. The Morgan fingerprint density at radius 3 is 2.00 bits per heavy atom. The van der Waals surface area contributed by atoms with Gasteiger partial charge in [-0.25, -0.2) is 8.42 Å². The molecule has 1 aromatic carbocycles. The second-order valence-corrected chi connectivity index (χ2v) is 8.02. The van der Waals surface area contributed by atoms with E-state index in [9.17, 15) is 20.7 Å². The average Bonchev–Trinajstić information content (AvgIpc) is 2.67. The van der Waals surface area contributed by atoms with Crippen LogP contribution >= 0.6 is 0 Å². The zero-order valence-corrected chi connectivity index (χ0v) is 12.5. The predicted octanol–water partition coefficient (Wildman–Crippen LogP) is 1.91. The van der Waals surface area contributed by atoms with E-state index in [0.29, 0.717) is 13.1 Å². The van der Waals surface area contributed by atoms with Crippen LogP contribution in [0.1, 0.15) is 25.7 Å². The van der Waals surface area contributed by atoms with Gasteiger partial charge in [0, 0.05) is 13.1 Å². The van der Waals surface area contributed by atoms with Gasteiger partial charge in [0.05, 0.1) is 9.79 Å². The fourth-order valence-electron chi connectivity index (χ4n) is 2.22. The summed E-state index contributed by atoms with van der Waals surface area (Å²) in [6, 6.07) is 4.43. The molecule has 0 unspecified atom stereocenters. The number of nitrogens with zero attached hydrogens (tertiary/aromatic N) is 1. The Bertz CT molecular complexity index is 677. The Balaban J connectivity index is 2.39. The van der Waals surface area contributed by atoms with Gasteiger partial charge in [-0.1, -0.05) is 18.9 Å². The number of hydrogen-bond acceptors (Lipinski definition) is 4. The summed E-state index contributed by atoms with van der Waals surface area (Å²) in [6.07, 6.45) is 3.51. The topological polar surface area (TPSA) is 71.5 Å². The van der Waals surface area contributed by atoms with E-state index in [4.69, 9.17) is 0 Å². The molecule has 1 heterocycles. The van der Waals surface area contributed by atoms with Crippen LogP contribution < -0.4 is 0 Å². The molecule has 112 valence electrons. The van der Waals surface area contributed by atoms with Crippen molar-refractivity contribution in [1.29, 1.82) is 0 Å². The van der Waals surface area contributed by atoms with E-state index >= 15 is 0 Å². The van der Waals surface area contributed by atoms with E-state index in [2.05, 4.69) is 0 Å². The van der Waals surface area contributed by atoms with Crippen LogP contribution in [0.4, 0.5) is 3.89 Å². The second-order valence-electron chi connectivity index (χ2n) is 4.73. The Labute approximate surface area is 118 Å². The molecule has 0 saturated carbocycles. The van der Waals surface area contributed by atoms with Crippen LogP contribution in [0.25, 0.3) is 0 Å². The third-order valence-corrected chi connectivity index (χ3v) is 6.00. The van der Waals surface area contributed by atoms with E-state index in [1.165, 1.54) is 16.4 Å². The van der Waals surface area contributed by atoms with E-state index in [0.717, 1.165) is 37.8 Å². The third kappa shape index (κ3) is 3.36. The molecule has 1 aromatic rings. The van der Waals surface area contributed by atoms with Crippen LogP contribution in [-0.4, -0.2) is 34.2 Å². The fourth-order valence-corrected chi connectivity index (χ4v) is 4.36. The molecule has 0 atom stereocenters. The highest BCUT2D eigenvalue weighted by atomic mass is 32.3. The summed E-state index contributed by atoms with van der Waals surface area (Å²) in [4.78, 5) is -0.813. The standard InChI is InChI=1S/C12H16FNO4S2/c13-19(15,16)11-6-5-7-12(10-11)20(17,18)14-8-3-1-2-4-9-14/h5-7,10H,1-4,8-9H2. The third-order valence-electron chi connectivity index (χ3n) is 3.29. The molecule has 2 rings (SSSR count). The molecule has 0 amide bonds. The number of halogens is 1. The van der Waals surface area contributed by atoms with Crippen molar-refractivity contribution in [2.75, 3.05) is 13.1 Å². The molecule has 0 radical (unpaired) electrons. The molecule has 0 aromatic heterocycles. The van der Waals surface area contributed by atoms with Crippen molar-refractivity contribution in [3.8, 4) is 0 Å². The molecule has 0 bridgehead atoms. The number of benzene rings is 1. The molecule has 8 heteroatoms. The lowest BCUT2D eigenvalue weighted by molar-refractivity contribution is 0.423. The average molecular weight is 321 g/mol. The number of rotatable bonds is 3. The molecule has 1 saturated heterocycles. The van der Waals surface area contributed by atoms with Gasteiger partial charge in [0.1, 0.15) is 0 Å². The van der Waals surface area contributed by atoms with Crippen molar-refractivity contribution in [2.24, 2.45) is 0 Å². The Morgan fingerprint density at radius 2 is 1.45 bits per heavy atom. The lowest BCUT2D eigenvalue weighted by Gasteiger charge is -2.20. The summed E-state index contributed by atoms with van der Waals surface area (Å²) in [5.41, 5.74) is 0. The van der Waals surface area contributed by atoms with Crippen molar-refractivity contribution < 1.29 is 20.7 Å². The molecule has 0 N–H and O–H groups in total. The Morgan fingerprint density at radius 1 is 0.900 bits per heavy atom. The molecule has 1 fully saturated rings. The summed E-state index contributed by atoms with van der Waals surface area (Å²) >= 11 is 0. The fraction of sp³-hybridized carbons (Fsp3) is 0.500. The van der Waals surface area contributed by atoms with Crippen LogP contribution in [0.15, 0.2) is 34.1 Å². The summed E-state index contributed by atoms with van der Waals surface area (Å²) in [6.45, 7) is 0.823. The highest BCUT2D eigenvalue weighted by molar-refractivity contribution is 7.89. The van der Waals surface area contributed by atoms with Gasteiger partial charge >= 0.3 is 10.2 Å². The van der Waals surface area contributed by atoms with E-state index < -0.39 is 25.1 Å². The molecule has 5 nitrogen and oxygen atoms in total. The first-order chi connectivity index (χ1) is 9.32. The smallest absolute Gasteiger partial charge is 0.207 e.